The van der Waals surface area contributed by atoms with Crippen molar-refractivity contribution in [2.24, 2.45) is 0 Å². The van der Waals surface area contributed by atoms with Crippen LogP contribution in [0.3, 0.4) is 0 Å². The molecule has 0 saturated heterocycles. The zero-order valence-corrected chi connectivity index (χ0v) is 28.3. The summed E-state index contributed by atoms with van der Waals surface area (Å²) in [6.45, 7) is 22.9. The Balaban J connectivity index is 0.000000790. The van der Waals surface area contributed by atoms with E-state index < -0.39 is 21.6 Å². The van der Waals surface area contributed by atoms with Gasteiger partial charge in [-0.3, -0.25) is 14.9 Å². The Hall–Kier alpha value is -2.74. The molecule has 0 aliphatic carbocycles. The second kappa shape index (κ2) is 16.4. The normalized spacial score (nSPS) is 14.7. The van der Waals surface area contributed by atoms with Crippen molar-refractivity contribution in [2.45, 2.75) is 98.7 Å². The molecule has 0 fully saturated rings. The van der Waals surface area contributed by atoms with Crippen LogP contribution in [0.1, 0.15) is 56.4 Å². The van der Waals surface area contributed by atoms with Crippen LogP contribution >= 0.6 is 0 Å². The molecule has 0 spiro atoms. The lowest BCUT2D eigenvalue weighted by Gasteiger charge is -2.38. The summed E-state index contributed by atoms with van der Waals surface area (Å²) in [5, 5.41) is 14.6. The first-order chi connectivity index (χ1) is 18.8. The summed E-state index contributed by atoms with van der Waals surface area (Å²) in [6, 6.07) is 14.3. The van der Waals surface area contributed by atoms with Crippen LogP contribution in [0.4, 0.5) is 11.4 Å². The van der Waals surface area contributed by atoms with Crippen LogP contribution in [0.2, 0.25) is 36.3 Å². The van der Waals surface area contributed by atoms with Gasteiger partial charge in [-0.25, -0.2) is 0 Å². The highest BCUT2D eigenvalue weighted by Crippen LogP contribution is 2.38. The maximum atomic E-state index is 11.9. The fraction of sp³-hybridized carbons (Fsp3) is 0.594. The number of hydrogen-bond acceptors (Lipinski definition) is 8. The first-order valence-electron chi connectivity index (χ1n) is 14.0. The molecule has 0 bridgehead atoms. The molecule has 2 aromatic carbocycles. The minimum atomic E-state index is -1.99. The van der Waals surface area contributed by atoms with Crippen molar-refractivity contribution in [2.75, 3.05) is 31.7 Å². The van der Waals surface area contributed by atoms with E-state index in [1.54, 1.807) is 12.1 Å². The number of ketones is 1. The van der Waals surface area contributed by atoms with E-state index >= 15 is 0 Å². The van der Waals surface area contributed by atoms with Crippen LogP contribution in [0.15, 0.2) is 48.5 Å². The molecule has 0 aromatic heterocycles. The number of ether oxygens (including phenoxy) is 2. The molecule has 9 nitrogen and oxygen atoms in total. The average molecular weight is 637 g/mol. The summed E-state index contributed by atoms with van der Waals surface area (Å²) in [5.74, 6) is 0.794. The number of hydrogen-bond donors (Lipinski definition) is 1. The molecule has 1 aliphatic rings. The van der Waals surface area contributed by atoms with Gasteiger partial charge in [-0.15, -0.1) is 0 Å². The third-order valence-electron chi connectivity index (χ3n) is 7.99. The van der Waals surface area contributed by atoms with Crippen LogP contribution in [0.25, 0.3) is 0 Å². The summed E-state index contributed by atoms with van der Waals surface area (Å²) < 4.78 is 23.1. The lowest BCUT2D eigenvalue weighted by atomic mass is 10.2. The van der Waals surface area contributed by atoms with Crippen molar-refractivity contribution in [1.29, 1.82) is 0 Å². The number of anilines is 1. The number of benzene rings is 2. The van der Waals surface area contributed by atoms with Gasteiger partial charge < -0.3 is 23.6 Å². The molecule has 1 N–H and O–H groups in total. The van der Waals surface area contributed by atoms with Gasteiger partial charge in [-0.2, -0.15) is 0 Å². The van der Waals surface area contributed by atoms with Gasteiger partial charge in [0.25, 0.3) is 0 Å². The third-order valence-corrected chi connectivity index (χ3v) is 17.0. The van der Waals surface area contributed by atoms with E-state index in [2.05, 4.69) is 73.0 Å². The fourth-order valence-electron chi connectivity index (χ4n) is 3.19. The average Bonchev–Trinajstić information content (AvgIpc) is 2.88. The molecule has 11 heteroatoms. The van der Waals surface area contributed by atoms with E-state index in [4.69, 9.17) is 18.3 Å². The quantitative estimate of drug-likeness (QED) is 0.157. The van der Waals surface area contributed by atoms with Crippen LogP contribution < -0.4 is 14.8 Å². The smallest absolute Gasteiger partial charge is 0.310 e. The lowest BCUT2D eigenvalue weighted by Crippen LogP contribution is -2.45. The number of carbonyl (C=O) groups excluding carboxylic acids is 1. The molecule has 1 atom stereocenters. The molecule has 244 valence electrons. The zero-order chi connectivity index (χ0) is 31.1. The van der Waals surface area contributed by atoms with Gasteiger partial charge in [0, 0.05) is 6.07 Å². The topological polar surface area (TPSA) is 109 Å². The number of rotatable bonds is 10. The van der Waals surface area contributed by atoms with E-state index in [0.717, 1.165) is 11.4 Å². The molecule has 43 heavy (non-hydrogen) atoms. The van der Waals surface area contributed by atoms with Gasteiger partial charge in [0.15, 0.2) is 28.2 Å². The van der Waals surface area contributed by atoms with Gasteiger partial charge >= 0.3 is 5.69 Å². The number of nitro groups is 1. The van der Waals surface area contributed by atoms with Crippen LogP contribution in [0.5, 0.6) is 11.5 Å². The van der Waals surface area contributed by atoms with Crippen molar-refractivity contribution in [1.82, 2.24) is 0 Å². The highest BCUT2D eigenvalue weighted by Gasteiger charge is 2.38. The molecule has 2 aromatic rings. The first-order valence-corrected chi connectivity index (χ1v) is 19.8. The Labute approximate surface area is 262 Å². The molecule has 0 radical (unpaired) electrons. The molecule has 0 amide bonds. The van der Waals surface area contributed by atoms with Gasteiger partial charge in [-0.05, 0) is 54.5 Å². The summed E-state index contributed by atoms with van der Waals surface area (Å²) in [4.78, 5) is 22.2. The molecule has 1 heterocycles. The van der Waals surface area contributed by atoms with Gasteiger partial charge in [-0.1, -0.05) is 80.7 Å². The second-order valence-electron chi connectivity index (χ2n) is 13.3. The number of para-hydroxylation sites is 4. The van der Waals surface area contributed by atoms with Gasteiger partial charge in [0.05, 0.1) is 29.9 Å². The highest BCUT2D eigenvalue weighted by molar-refractivity contribution is 6.74. The summed E-state index contributed by atoms with van der Waals surface area (Å²) in [5.41, 5.74) is 0.915. The number of nitrogens with zero attached hydrogens (tertiary/aromatic N) is 1. The lowest BCUT2D eigenvalue weighted by molar-refractivity contribution is -0.385. The molecule has 3 rings (SSSR count). The predicted octanol–water partition coefficient (Wildman–Crippen LogP) is 8.72. The molecular weight excluding hydrogens is 581 g/mol. The van der Waals surface area contributed by atoms with Crippen LogP contribution in [-0.2, 0) is 13.6 Å². The Kier molecular flexibility index (Phi) is 15.3. The van der Waals surface area contributed by atoms with Crippen LogP contribution in [0, 0.1) is 10.1 Å². The number of nitro benzene ring substituents is 1. The fourth-order valence-corrected chi connectivity index (χ4v) is 5.19. The maximum Gasteiger partial charge on any atom is 0.310 e. The minimum absolute atomic E-state index is 0. The first kappa shape index (κ1) is 40.3. The number of Topliss-reactive ketones (excluding diaryl/α,β-unsaturated/α-hetero) is 1. The number of fused-ring (bicyclic) bond motifs is 1. The maximum absolute atomic E-state index is 11.9. The molecule has 0 saturated carbocycles. The summed E-state index contributed by atoms with van der Waals surface area (Å²) in [7, 11) is -3.67. The van der Waals surface area contributed by atoms with E-state index in [-0.39, 0.29) is 61.4 Å². The highest BCUT2D eigenvalue weighted by atomic mass is 28.4. The van der Waals surface area contributed by atoms with Gasteiger partial charge in [0.2, 0.25) is 0 Å². The second-order valence-corrected chi connectivity index (χ2v) is 22.9. The summed E-state index contributed by atoms with van der Waals surface area (Å²) in [6.07, 6.45) is 0. The van der Waals surface area contributed by atoms with Crippen molar-refractivity contribution in [3.05, 3.63) is 58.6 Å². The standard InChI is InChI=1S/C15H23NO5Si.C15H25NO2Si.2CH4/c1-15(2,3)22(4,5)21-11-12(17)10-20-14-9-7-6-8-13(14)16(18)19;1-15(2,3)19(4,5)18-11-12-10-17-14-9-7-6-8-13(14)16-12;;/h6-9H,10-11H2,1-5H3;6-9,12,16H,10-11H2,1-5H3;2*1H4. The SMILES string of the molecule is C.C.CC(C)(C)[Si](C)(C)OCC(=O)COc1ccccc1[N+](=O)[O-].CC(C)(C)[Si](C)(C)OCC1COc2ccccc2N1. The van der Waals surface area contributed by atoms with E-state index in [9.17, 15) is 14.9 Å². The van der Waals surface area contributed by atoms with E-state index in [1.807, 2.05) is 24.3 Å². The number of carbonyl (C=O) groups is 1. The van der Waals surface area contributed by atoms with Crippen molar-refractivity contribution in [3.63, 3.8) is 0 Å². The molecule has 1 unspecified atom stereocenters. The van der Waals surface area contributed by atoms with E-state index in [0.29, 0.717) is 13.2 Å². The molecule has 1 aliphatic heterocycles. The number of nitrogens with one attached hydrogen (secondary N) is 1. The largest absolute Gasteiger partial charge is 0.489 e. The van der Waals surface area contributed by atoms with Crippen molar-refractivity contribution < 1.29 is 28.0 Å². The van der Waals surface area contributed by atoms with E-state index in [1.165, 1.54) is 12.1 Å². The Morgan fingerprint density at radius 2 is 1.44 bits per heavy atom. The Morgan fingerprint density at radius 1 is 0.907 bits per heavy atom. The summed E-state index contributed by atoms with van der Waals surface area (Å²) >= 11 is 0. The van der Waals surface area contributed by atoms with Crippen LogP contribution in [-0.4, -0.2) is 59.8 Å². The minimum Gasteiger partial charge on any atom is -0.489 e. The Morgan fingerprint density at radius 3 is 2.02 bits per heavy atom. The Bertz CT molecular complexity index is 1170. The van der Waals surface area contributed by atoms with Gasteiger partial charge in [0.1, 0.15) is 19.0 Å². The van der Waals surface area contributed by atoms with Crippen molar-refractivity contribution in [3.8, 4) is 11.5 Å². The monoisotopic (exact) mass is 636 g/mol. The molecular formula is C32H56N2O7Si2. The zero-order valence-electron chi connectivity index (χ0n) is 26.3. The van der Waals surface area contributed by atoms with Crippen molar-refractivity contribution >= 4 is 33.8 Å². The third kappa shape index (κ3) is 12.1. The predicted molar refractivity (Wildman–Crippen MR) is 183 cm³/mol.